The van der Waals surface area contributed by atoms with Gasteiger partial charge in [0, 0.05) is 30.7 Å². The summed E-state index contributed by atoms with van der Waals surface area (Å²) in [6, 6.07) is 1.76. The Kier molecular flexibility index (Phi) is 3.89. The smallest absolute Gasteiger partial charge is 0.262 e. The number of aryl methyl sites for hydroxylation is 1. The van der Waals surface area contributed by atoms with Crippen molar-refractivity contribution in [3.63, 3.8) is 0 Å². The maximum atomic E-state index is 13.5. The summed E-state index contributed by atoms with van der Waals surface area (Å²) in [5.41, 5.74) is 1.06. The molecule has 5 rings (SSSR count). The summed E-state index contributed by atoms with van der Waals surface area (Å²) in [6.07, 6.45) is 3.65. The van der Waals surface area contributed by atoms with Crippen LogP contribution in [0.4, 0.5) is 8.78 Å². The summed E-state index contributed by atoms with van der Waals surface area (Å²) in [5.74, 6) is -1.02. The van der Waals surface area contributed by atoms with E-state index in [0.29, 0.717) is 29.7 Å². The van der Waals surface area contributed by atoms with Crippen LogP contribution < -0.4 is 5.56 Å². The second kappa shape index (κ2) is 6.22. The van der Waals surface area contributed by atoms with Crippen LogP contribution in [0.1, 0.15) is 73.7 Å². The summed E-state index contributed by atoms with van der Waals surface area (Å²) in [5, 5.41) is 8.66. The van der Waals surface area contributed by atoms with E-state index in [2.05, 4.69) is 15.2 Å². The molecular weight excluding hydrogens is 368 g/mol. The molecule has 0 radical (unpaired) electrons. The molecule has 3 heterocycles. The molecule has 2 aliphatic carbocycles. The lowest BCUT2D eigenvalue weighted by molar-refractivity contribution is -0.0446. The highest BCUT2D eigenvalue weighted by Crippen LogP contribution is 2.48. The first kappa shape index (κ1) is 17.5. The lowest BCUT2D eigenvalue weighted by Gasteiger charge is -2.33. The number of H-pyrrole nitrogens is 1. The third-order valence-electron chi connectivity index (χ3n) is 6.15. The van der Waals surface area contributed by atoms with Gasteiger partial charge in [-0.3, -0.25) is 4.79 Å². The molecule has 1 N–H and O–H groups in total. The number of rotatable bonds is 3. The number of hydrogen-bond donors (Lipinski definition) is 1. The van der Waals surface area contributed by atoms with Gasteiger partial charge in [-0.2, -0.15) is 5.10 Å². The van der Waals surface area contributed by atoms with Gasteiger partial charge >= 0.3 is 0 Å². The molecule has 28 heavy (non-hydrogen) atoms. The number of fused-ring (bicyclic) bond motifs is 1. The Bertz CT molecular complexity index is 1080. The highest BCUT2D eigenvalue weighted by Gasteiger charge is 2.39. The first-order valence-electron chi connectivity index (χ1n) is 9.70. The van der Waals surface area contributed by atoms with E-state index >= 15 is 0 Å². The van der Waals surface area contributed by atoms with Crippen molar-refractivity contribution in [2.45, 2.75) is 69.2 Å². The van der Waals surface area contributed by atoms with Crippen molar-refractivity contribution in [1.29, 1.82) is 0 Å². The quantitative estimate of drug-likeness (QED) is 0.735. The Balaban J connectivity index is 1.49. The second-order valence-corrected chi connectivity index (χ2v) is 8.03. The SMILES string of the molecule is Cc1cc(C2CCC2c2nc3c(cnn3C3CCC(F)(F)CC3)c(=O)[nH]2)on1. The molecular formula is C19H21F2N5O2. The minimum Gasteiger partial charge on any atom is -0.361 e. The molecule has 148 valence electrons. The van der Waals surface area contributed by atoms with Crippen LogP contribution in [0.15, 0.2) is 21.6 Å². The van der Waals surface area contributed by atoms with Crippen molar-refractivity contribution in [2.75, 3.05) is 0 Å². The van der Waals surface area contributed by atoms with Crippen LogP contribution >= 0.6 is 0 Å². The van der Waals surface area contributed by atoms with Crippen molar-refractivity contribution in [3.05, 3.63) is 39.9 Å². The highest BCUT2D eigenvalue weighted by molar-refractivity contribution is 5.73. The van der Waals surface area contributed by atoms with Crippen molar-refractivity contribution in [2.24, 2.45) is 0 Å². The first-order chi connectivity index (χ1) is 13.4. The largest absolute Gasteiger partial charge is 0.361 e. The number of hydrogen-bond acceptors (Lipinski definition) is 5. The molecule has 9 heteroatoms. The molecule has 2 fully saturated rings. The van der Waals surface area contributed by atoms with E-state index in [9.17, 15) is 13.6 Å². The van der Waals surface area contributed by atoms with Crippen LogP contribution in [0.5, 0.6) is 0 Å². The minimum absolute atomic E-state index is 0.0449. The fraction of sp³-hybridized carbons (Fsp3) is 0.579. The Morgan fingerprint density at radius 2 is 1.96 bits per heavy atom. The van der Waals surface area contributed by atoms with Gasteiger partial charge in [0.1, 0.15) is 17.0 Å². The molecule has 2 aliphatic rings. The average Bonchev–Trinajstić information content (AvgIpc) is 3.21. The fourth-order valence-corrected chi connectivity index (χ4v) is 4.39. The van der Waals surface area contributed by atoms with Gasteiger partial charge in [0.15, 0.2) is 5.65 Å². The van der Waals surface area contributed by atoms with Gasteiger partial charge in [-0.25, -0.2) is 18.4 Å². The van der Waals surface area contributed by atoms with Crippen LogP contribution in [0.2, 0.25) is 0 Å². The van der Waals surface area contributed by atoms with Gasteiger partial charge in [-0.05, 0) is 32.6 Å². The third-order valence-corrected chi connectivity index (χ3v) is 6.15. The van der Waals surface area contributed by atoms with Gasteiger partial charge < -0.3 is 9.51 Å². The predicted octanol–water partition coefficient (Wildman–Crippen LogP) is 3.83. The summed E-state index contributed by atoms with van der Waals surface area (Å²) in [4.78, 5) is 20.2. The lowest BCUT2D eigenvalue weighted by atomic mass is 9.71. The maximum Gasteiger partial charge on any atom is 0.262 e. The zero-order chi connectivity index (χ0) is 19.5. The Morgan fingerprint density at radius 3 is 2.61 bits per heavy atom. The Morgan fingerprint density at radius 1 is 1.21 bits per heavy atom. The van der Waals surface area contributed by atoms with Gasteiger partial charge in [-0.15, -0.1) is 0 Å². The zero-order valence-electron chi connectivity index (χ0n) is 15.5. The molecule has 3 aromatic rings. The van der Waals surface area contributed by atoms with E-state index in [1.54, 1.807) is 4.68 Å². The molecule has 0 saturated heterocycles. The van der Waals surface area contributed by atoms with E-state index in [-0.39, 0.29) is 36.3 Å². The van der Waals surface area contributed by atoms with Crippen molar-refractivity contribution >= 4 is 11.0 Å². The first-order valence-corrected chi connectivity index (χ1v) is 9.70. The molecule has 0 bridgehead atoms. The van der Waals surface area contributed by atoms with E-state index in [0.717, 1.165) is 24.3 Å². The molecule has 0 spiro atoms. The van der Waals surface area contributed by atoms with Gasteiger partial charge in [0.05, 0.1) is 17.9 Å². The van der Waals surface area contributed by atoms with Crippen LogP contribution in [-0.2, 0) is 0 Å². The molecule has 0 amide bonds. The number of nitrogens with zero attached hydrogens (tertiary/aromatic N) is 4. The molecule has 0 aromatic carbocycles. The monoisotopic (exact) mass is 389 g/mol. The normalized spacial score (nSPS) is 25.1. The van der Waals surface area contributed by atoms with E-state index in [1.165, 1.54) is 6.20 Å². The Labute approximate surface area is 159 Å². The van der Waals surface area contributed by atoms with E-state index in [1.807, 2.05) is 13.0 Å². The van der Waals surface area contributed by atoms with Crippen LogP contribution in [0, 0.1) is 6.92 Å². The van der Waals surface area contributed by atoms with Crippen molar-refractivity contribution in [3.8, 4) is 0 Å². The standard InChI is InChI=1S/C19H21F2N5O2/c1-10-8-15(28-25-10)12-2-3-13(12)16-23-17-14(18(27)24-16)9-22-26(17)11-4-6-19(20,21)7-5-11/h8-9,11-13H,2-7H2,1H3,(H,23,24,27). The maximum absolute atomic E-state index is 13.5. The number of halogens is 2. The number of nitrogens with one attached hydrogen (secondary N) is 1. The van der Waals surface area contributed by atoms with E-state index < -0.39 is 5.92 Å². The summed E-state index contributed by atoms with van der Waals surface area (Å²) >= 11 is 0. The highest BCUT2D eigenvalue weighted by atomic mass is 19.3. The van der Waals surface area contributed by atoms with Gasteiger partial charge in [0.25, 0.3) is 5.56 Å². The molecule has 7 nitrogen and oxygen atoms in total. The van der Waals surface area contributed by atoms with Crippen molar-refractivity contribution < 1.29 is 13.3 Å². The van der Waals surface area contributed by atoms with Gasteiger partial charge in [0.2, 0.25) is 5.92 Å². The molecule has 2 unspecified atom stereocenters. The number of aromatic amines is 1. The van der Waals surface area contributed by atoms with E-state index in [4.69, 9.17) is 9.51 Å². The number of alkyl halides is 2. The average molecular weight is 389 g/mol. The summed E-state index contributed by atoms with van der Waals surface area (Å²) in [6.45, 7) is 1.87. The van der Waals surface area contributed by atoms with Gasteiger partial charge in [-0.1, -0.05) is 5.16 Å². The second-order valence-electron chi connectivity index (χ2n) is 8.03. The lowest BCUT2D eigenvalue weighted by Crippen LogP contribution is -2.28. The summed E-state index contributed by atoms with van der Waals surface area (Å²) < 4.78 is 34.1. The Hall–Kier alpha value is -2.58. The predicted molar refractivity (Wildman–Crippen MR) is 96.6 cm³/mol. The molecule has 3 aromatic heterocycles. The van der Waals surface area contributed by atoms with Crippen LogP contribution in [-0.4, -0.2) is 30.8 Å². The topological polar surface area (TPSA) is 89.6 Å². The van der Waals surface area contributed by atoms with Crippen LogP contribution in [0.3, 0.4) is 0 Å². The van der Waals surface area contributed by atoms with Crippen LogP contribution in [0.25, 0.3) is 11.0 Å². The third kappa shape index (κ3) is 2.84. The number of aromatic nitrogens is 5. The molecule has 2 saturated carbocycles. The zero-order valence-corrected chi connectivity index (χ0v) is 15.5. The molecule has 2 atom stereocenters. The fourth-order valence-electron chi connectivity index (χ4n) is 4.39. The minimum atomic E-state index is -2.61. The van der Waals surface area contributed by atoms with Crippen molar-refractivity contribution in [1.82, 2.24) is 24.9 Å². The molecule has 0 aliphatic heterocycles. The summed E-state index contributed by atoms with van der Waals surface area (Å²) in [7, 11) is 0.